The molecule has 1 atom stereocenters. The van der Waals surface area contributed by atoms with E-state index in [1.54, 1.807) is 0 Å². The van der Waals surface area contributed by atoms with E-state index in [9.17, 15) is 4.79 Å². The Morgan fingerprint density at radius 2 is 1.84 bits per heavy atom. The largest absolute Gasteiger partial charge is 0.445 e. The Hall–Kier alpha value is -2.79. The van der Waals surface area contributed by atoms with E-state index in [0.717, 1.165) is 35.7 Å². The number of rotatable bonds is 6. The van der Waals surface area contributed by atoms with Gasteiger partial charge in [-0.05, 0) is 36.1 Å². The van der Waals surface area contributed by atoms with Gasteiger partial charge < -0.3 is 9.72 Å². The summed E-state index contributed by atoms with van der Waals surface area (Å²) >= 11 is 0. The minimum Gasteiger partial charge on any atom is -0.445 e. The van der Waals surface area contributed by atoms with Crippen molar-refractivity contribution in [3.8, 4) is 0 Å². The number of H-pyrrole nitrogens is 1. The summed E-state index contributed by atoms with van der Waals surface area (Å²) in [6, 6.07) is 19.3. The van der Waals surface area contributed by atoms with E-state index in [4.69, 9.17) is 4.74 Å². The minimum atomic E-state index is -1.28. The second-order valence-corrected chi connectivity index (χ2v) is 15.2. The molecule has 162 valence electrons. The molecule has 1 aromatic heterocycles. The molecule has 1 unspecified atom stereocenters. The van der Waals surface area contributed by atoms with Gasteiger partial charge in [-0.1, -0.05) is 73.7 Å². The van der Waals surface area contributed by atoms with Crippen LogP contribution < -0.4 is 0 Å². The number of para-hydroxylation sites is 1. The molecule has 1 aliphatic rings. The highest BCUT2D eigenvalue weighted by atomic mass is 28.3. The van der Waals surface area contributed by atoms with Crippen LogP contribution in [0, 0.1) is 0 Å². The summed E-state index contributed by atoms with van der Waals surface area (Å²) in [5.74, 6) is 0. The second-order valence-electron chi connectivity index (χ2n) is 9.75. The molecular formula is C26H32N2O2Si. The van der Waals surface area contributed by atoms with Crippen LogP contribution in [-0.4, -0.2) is 30.6 Å². The van der Waals surface area contributed by atoms with E-state index in [1.807, 2.05) is 35.2 Å². The maximum Gasteiger partial charge on any atom is 0.410 e. The smallest absolute Gasteiger partial charge is 0.410 e. The van der Waals surface area contributed by atoms with Crippen LogP contribution in [0.15, 0.2) is 66.7 Å². The van der Waals surface area contributed by atoms with Crippen molar-refractivity contribution < 1.29 is 9.53 Å². The number of hydrogen-bond acceptors (Lipinski definition) is 2. The zero-order valence-electron chi connectivity index (χ0n) is 18.8. The molecule has 4 nitrogen and oxygen atoms in total. The lowest BCUT2D eigenvalue weighted by molar-refractivity contribution is 0.0763. The molecule has 5 heteroatoms. The topological polar surface area (TPSA) is 45.3 Å². The van der Waals surface area contributed by atoms with Crippen molar-refractivity contribution in [3.05, 3.63) is 83.6 Å². The fraction of sp³-hybridized carbons (Fsp3) is 0.346. The van der Waals surface area contributed by atoms with E-state index in [2.05, 4.69) is 55.5 Å². The van der Waals surface area contributed by atoms with Crippen molar-refractivity contribution in [1.82, 2.24) is 9.88 Å². The zero-order chi connectivity index (χ0) is 22.0. The number of nitrogens with one attached hydrogen (secondary N) is 1. The van der Waals surface area contributed by atoms with Crippen molar-refractivity contribution in [3.63, 3.8) is 0 Å². The molecule has 2 aromatic carbocycles. The number of hydrogen-bond donors (Lipinski definition) is 1. The number of ether oxygens (including phenoxy) is 1. The summed E-state index contributed by atoms with van der Waals surface area (Å²) in [5.41, 5.74) is 5.82. The number of aromatic nitrogens is 1. The summed E-state index contributed by atoms with van der Waals surface area (Å²) in [4.78, 5) is 18.7. The third kappa shape index (κ3) is 4.93. The molecule has 0 saturated heterocycles. The van der Waals surface area contributed by atoms with E-state index < -0.39 is 8.07 Å². The van der Waals surface area contributed by atoms with Gasteiger partial charge in [0.25, 0.3) is 0 Å². The number of aromatic amines is 1. The van der Waals surface area contributed by atoms with Crippen LogP contribution in [0.3, 0.4) is 0 Å². The first kappa shape index (κ1) is 21.4. The summed E-state index contributed by atoms with van der Waals surface area (Å²) < 4.78 is 5.72. The van der Waals surface area contributed by atoms with Gasteiger partial charge in [-0.15, -0.1) is 6.58 Å². The molecule has 4 rings (SSSR count). The first-order valence-corrected chi connectivity index (χ1v) is 14.8. The van der Waals surface area contributed by atoms with E-state index >= 15 is 0 Å². The highest BCUT2D eigenvalue weighted by Crippen LogP contribution is 2.39. The predicted molar refractivity (Wildman–Crippen MR) is 130 cm³/mol. The highest BCUT2D eigenvalue weighted by molar-refractivity contribution is 6.76. The summed E-state index contributed by atoms with van der Waals surface area (Å²) in [7, 11) is -1.28. The molecule has 0 bridgehead atoms. The third-order valence-electron chi connectivity index (χ3n) is 5.86. The van der Waals surface area contributed by atoms with E-state index in [0.29, 0.717) is 6.54 Å². The van der Waals surface area contributed by atoms with Crippen molar-refractivity contribution >= 4 is 25.1 Å². The van der Waals surface area contributed by atoms with Gasteiger partial charge in [0.15, 0.2) is 0 Å². The lowest BCUT2D eigenvalue weighted by Crippen LogP contribution is -2.40. The van der Waals surface area contributed by atoms with Gasteiger partial charge in [-0.2, -0.15) is 0 Å². The van der Waals surface area contributed by atoms with Gasteiger partial charge in [-0.3, -0.25) is 4.90 Å². The Bertz CT molecular complexity index is 1080. The van der Waals surface area contributed by atoms with Gasteiger partial charge in [0.05, 0.1) is 6.04 Å². The number of carbonyl (C=O) groups excluding carboxylic acids is 1. The van der Waals surface area contributed by atoms with Crippen LogP contribution in [-0.2, 0) is 17.8 Å². The fourth-order valence-electron chi connectivity index (χ4n) is 4.65. The van der Waals surface area contributed by atoms with Gasteiger partial charge in [0.1, 0.15) is 6.61 Å². The quantitative estimate of drug-likeness (QED) is 0.348. The molecule has 0 saturated carbocycles. The monoisotopic (exact) mass is 432 g/mol. The number of benzene rings is 2. The molecule has 0 spiro atoms. The lowest BCUT2D eigenvalue weighted by Gasteiger charge is -2.36. The van der Waals surface area contributed by atoms with Crippen LogP contribution in [0.2, 0.25) is 25.7 Å². The SMILES string of the molecule is C=C(CC1c2[nH]c3ccccc3c2CCN1C(=O)OCc1ccccc1)C[Si](C)(C)C. The molecule has 0 fully saturated rings. The van der Waals surface area contributed by atoms with Crippen molar-refractivity contribution in [1.29, 1.82) is 0 Å². The van der Waals surface area contributed by atoms with Crippen LogP contribution in [0.4, 0.5) is 4.79 Å². The van der Waals surface area contributed by atoms with Crippen molar-refractivity contribution in [2.45, 2.75) is 51.2 Å². The zero-order valence-corrected chi connectivity index (χ0v) is 19.8. The maximum absolute atomic E-state index is 13.1. The molecule has 1 aliphatic heterocycles. The molecule has 3 aromatic rings. The van der Waals surface area contributed by atoms with Crippen molar-refractivity contribution in [2.24, 2.45) is 0 Å². The molecule has 2 heterocycles. The Labute approximate surface area is 185 Å². The van der Waals surface area contributed by atoms with Gasteiger partial charge in [0, 0.05) is 31.2 Å². The minimum absolute atomic E-state index is 0.0664. The summed E-state index contributed by atoms with van der Waals surface area (Å²) in [5, 5.41) is 1.26. The van der Waals surface area contributed by atoms with E-state index in [-0.39, 0.29) is 18.7 Å². The number of fused-ring (bicyclic) bond motifs is 3. The Balaban J connectivity index is 1.60. The summed E-state index contributed by atoms with van der Waals surface area (Å²) in [6.45, 7) is 12.4. The van der Waals surface area contributed by atoms with Gasteiger partial charge in [0.2, 0.25) is 0 Å². The van der Waals surface area contributed by atoms with Gasteiger partial charge in [-0.25, -0.2) is 4.79 Å². The highest BCUT2D eigenvalue weighted by Gasteiger charge is 2.35. The summed E-state index contributed by atoms with van der Waals surface area (Å²) in [6.07, 6.45) is 1.35. The lowest BCUT2D eigenvalue weighted by atomic mass is 9.94. The molecule has 0 radical (unpaired) electrons. The maximum atomic E-state index is 13.1. The van der Waals surface area contributed by atoms with Crippen LogP contribution in [0.5, 0.6) is 0 Å². The van der Waals surface area contributed by atoms with Crippen molar-refractivity contribution in [2.75, 3.05) is 6.54 Å². The average Bonchev–Trinajstić information content (AvgIpc) is 3.11. The number of amides is 1. The average molecular weight is 433 g/mol. The van der Waals surface area contributed by atoms with E-state index in [1.165, 1.54) is 16.5 Å². The Kier molecular flexibility index (Phi) is 6.05. The first-order valence-electron chi connectivity index (χ1n) is 11.1. The fourth-order valence-corrected chi connectivity index (χ4v) is 6.29. The number of carbonyl (C=O) groups is 1. The normalized spacial score (nSPS) is 16.2. The van der Waals surface area contributed by atoms with Crippen LogP contribution >= 0.6 is 0 Å². The molecule has 1 N–H and O–H groups in total. The predicted octanol–water partition coefficient (Wildman–Crippen LogP) is 6.69. The molecule has 31 heavy (non-hydrogen) atoms. The molecular weight excluding hydrogens is 400 g/mol. The first-order chi connectivity index (χ1) is 14.8. The van der Waals surface area contributed by atoms with Crippen LogP contribution in [0.25, 0.3) is 10.9 Å². The molecule has 0 aliphatic carbocycles. The molecule has 1 amide bonds. The van der Waals surface area contributed by atoms with Gasteiger partial charge >= 0.3 is 6.09 Å². The standard InChI is InChI=1S/C26H32N2O2Si/c1-19(18-31(2,3)4)16-24-25-22(21-12-8-9-13-23(21)27-25)14-15-28(24)26(29)30-17-20-10-6-5-7-11-20/h5-13,24,27H,1,14-18H2,2-4H3. The number of nitrogens with zero attached hydrogens (tertiary/aromatic N) is 1. The Morgan fingerprint density at radius 1 is 1.13 bits per heavy atom. The van der Waals surface area contributed by atoms with Crippen LogP contribution in [0.1, 0.15) is 29.3 Å². The Morgan fingerprint density at radius 3 is 2.58 bits per heavy atom. The third-order valence-corrected chi connectivity index (χ3v) is 7.42. The second kappa shape index (κ2) is 8.75.